The molecule has 3 aromatic rings. The first-order valence-electron chi connectivity index (χ1n) is 10.6. The molecule has 0 aliphatic carbocycles. The zero-order chi connectivity index (χ0) is 20.8. The van der Waals surface area contributed by atoms with E-state index in [0.717, 1.165) is 48.3 Å². The number of carbonyl (C=O) groups excluding carboxylic acids is 1. The molecule has 1 fully saturated rings. The van der Waals surface area contributed by atoms with E-state index < -0.39 is 0 Å². The van der Waals surface area contributed by atoms with Crippen molar-refractivity contribution in [3.8, 4) is 0 Å². The van der Waals surface area contributed by atoms with Crippen LogP contribution in [-0.2, 0) is 0 Å². The van der Waals surface area contributed by atoms with Gasteiger partial charge < -0.3 is 33.3 Å². The molecule has 4 heterocycles. The van der Waals surface area contributed by atoms with E-state index in [1.165, 1.54) is 6.07 Å². The Kier molecular flexibility index (Phi) is 6.16. The smallest absolute Gasteiger partial charge is 0.222 e. The van der Waals surface area contributed by atoms with Gasteiger partial charge in [0.2, 0.25) is 11.2 Å². The number of allylic oxidation sites excluding steroid dienone is 2. The van der Waals surface area contributed by atoms with Crippen molar-refractivity contribution in [3.05, 3.63) is 70.1 Å². The van der Waals surface area contributed by atoms with E-state index in [1.54, 1.807) is 6.20 Å². The van der Waals surface area contributed by atoms with Gasteiger partial charge in [-0.1, -0.05) is 6.08 Å². The first kappa shape index (κ1) is 22.0. The largest absolute Gasteiger partial charge is 1.00 e. The van der Waals surface area contributed by atoms with Crippen LogP contribution in [0.25, 0.3) is 16.3 Å². The van der Waals surface area contributed by atoms with Crippen LogP contribution < -0.4 is 39.2 Å². The van der Waals surface area contributed by atoms with Gasteiger partial charge in [0.15, 0.2) is 0 Å². The highest BCUT2D eigenvalue weighted by Crippen LogP contribution is 2.36. The number of benzene rings is 1. The molecule has 1 unspecified atom stereocenters. The minimum atomic E-state index is -0.381. The van der Waals surface area contributed by atoms with Gasteiger partial charge in [-0.3, -0.25) is 14.5 Å². The molecule has 5 nitrogen and oxygen atoms in total. The van der Waals surface area contributed by atoms with Crippen LogP contribution in [0.2, 0.25) is 0 Å². The molecule has 5 rings (SSSR count). The van der Waals surface area contributed by atoms with Gasteiger partial charge in [0.05, 0.1) is 28.4 Å². The number of hydrogen-bond donors (Lipinski definition) is 1. The number of nitrogens with one attached hydrogen (secondary N) is 1. The number of pyridine rings is 1. The first-order valence-corrected chi connectivity index (χ1v) is 10.6. The number of piperidine rings is 1. The number of halogens is 2. The van der Waals surface area contributed by atoms with Gasteiger partial charge in [-0.2, -0.15) is 0 Å². The Morgan fingerprint density at radius 1 is 1.13 bits per heavy atom. The molecule has 0 bridgehead atoms. The normalized spacial score (nSPS) is 18.6. The molecule has 162 valence electrons. The molecule has 1 atom stereocenters. The zero-order valence-electron chi connectivity index (χ0n) is 17.5. The van der Waals surface area contributed by atoms with Crippen molar-refractivity contribution in [1.82, 2.24) is 4.40 Å². The summed E-state index contributed by atoms with van der Waals surface area (Å²) in [5.41, 5.74) is 1.94. The lowest BCUT2D eigenvalue weighted by Gasteiger charge is -2.30. The highest BCUT2D eigenvalue weighted by Gasteiger charge is 2.26. The topological polar surface area (TPSA) is 46.2 Å². The lowest BCUT2D eigenvalue weighted by Crippen LogP contribution is -3.08. The molecule has 2 aliphatic heterocycles. The van der Waals surface area contributed by atoms with Crippen LogP contribution in [0.1, 0.15) is 35.3 Å². The van der Waals surface area contributed by atoms with E-state index in [0.29, 0.717) is 17.7 Å². The minimum absolute atomic E-state index is 0. The number of Topliss-reactive ketones (excluding diaryl/α,β-unsaturated/α-hetero) is 1. The van der Waals surface area contributed by atoms with Crippen LogP contribution in [0, 0.1) is 12.7 Å². The van der Waals surface area contributed by atoms with Crippen LogP contribution in [0.4, 0.5) is 10.1 Å². The lowest BCUT2D eigenvalue weighted by atomic mass is 10.0. The van der Waals surface area contributed by atoms with E-state index in [2.05, 4.69) is 4.90 Å². The van der Waals surface area contributed by atoms with Crippen LogP contribution in [0.5, 0.6) is 0 Å². The van der Waals surface area contributed by atoms with E-state index >= 15 is 4.39 Å². The van der Waals surface area contributed by atoms with Gasteiger partial charge in [0, 0.05) is 30.4 Å². The molecule has 0 spiro atoms. The lowest BCUT2D eigenvalue weighted by molar-refractivity contribution is -0.831. The summed E-state index contributed by atoms with van der Waals surface area (Å²) < 4.78 is 17.1. The number of quaternary nitrogens is 1. The summed E-state index contributed by atoms with van der Waals surface area (Å²) in [6, 6.07) is 3.27. The Labute approximate surface area is 197 Å². The molecule has 1 aromatic carbocycles. The average molecular weight is 533 g/mol. The molecule has 7 heteroatoms. The van der Waals surface area contributed by atoms with Crippen molar-refractivity contribution in [1.29, 1.82) is 0 Å². The standard InChI is InChI=1S/C24H24FN3O2.HI/c1-16-12-17-22-18(13-20(25)23(17)27-10-6-3-7-11-27)24(30)19(14-28(16)22)21(29)15-26-8-4-2-5-9-26;/h2,4-5,8,12-14H,3,6-7,9-11,15H2,1H3;1H. The van der Waals surface area contributed by atoms with Gasteiger partial charge in [0.25, 0.3) is 0 Å². The second-order valence-electron chi connectivity index (χ2n) is 8.34. The summed E-state index contributed by atoms with van der Waals surface area (Å²) in [7, 11) is 0. The molecular weight excluding hydrogens is 508 g/mol. The summed E-state index contributed by atoms with van der Waals surface area (Å²) in [4.78, 5) is 29.2. The Morgan fingerprint density at radius 3 is 2.61 bits per heavy atom. The molecule has 2 aromatic heterocycles. The van der Waals surface area contributed by atoms with Crippen molar-refractivity contribution in [2.24, 2.45) is 0 Å². The first-order chi connectivity index (χ1) is 14.5. The number of hydrogen-bond acceptors (Lipinski definition) is 3. The van der Waals surface area contributed by atoms with Crippen molar-refractivity contribution >= 4 is 27.8 Å². The average Bonchev–Trinajstić information content (AvgIpc) is 3.07. The van der Waals surface area contributed by atoms with Crippen LogP contribution in [-0.4, -0.2) is 36.4 Å². The van der Waals surface area contributed by atoms with E-state index in [-0.39, 0.29) is 58.5 Å². The summed E-state index contributed by atoms with van der Waals surface area (Å²) in [6.07, 6.45) is 12.7. The van der Waals surface area contributed by atoms with Gasteiger partial charge in [-0.25, -0.2) is 4.39 Å². The third-order valence-corrected chi connectivity index (χ3v) is 6.30. The fourth-order valence-corrected chi connectivity index (χ4v) is 4.80. The number of anilines is 1. The number of ketones is 1. The summed E-state index contributed by atoms with van der Waals surface area (Å²) in [5.74, 6) is -0.601. The number of aromatic nitrogens is 1. The summed E-state index contributed by atoms with van der Waals surface area (Å²) in [6.45, 7) is 4.49. The predicted molar refractivity (Wildman–Crippen MR) is 116 cm³/mol. The molecule has 31 heavy (non-hydrogen) atoms. The monoisotopic (exact) mass is 533 g/mol. The third-order valence-electron chi connectivity index (χ3n) is 6.30. The third kappa shape index (κ3) is 3.78. The zero-order valence-corrected chi connectivity index (χ0v) is 19.6. The fraction of sp³-hybridized carbons (Fsp3) is 0.333. The van der Waals surface area contributed by atoms with Gasteiger partial charge >= 0.3 is 0 Å². The highest BCUT2D eigenvalue weighted by atomic mass is 127. The van der Waals surface area contributed by atoms with E-state index in [1.807, 2.05) is 41.8 Å². The van der Waals surface area contributed by atoms with Crippen molar-refractivity contribution in [3.63, 3.8) is 0 Å². The highest BCUT2D eigenvalue weighted by molar-refractivity contribution is 6.07. The van der Waals surface area contributed by atoms with Crippen molar-refractivity contribution < 1.29 is 38.1 Å². The molecule has 0 radical (unpaired) electrons. The molecular formula is C24H25FIN3O2. The van der Waals surface area contributed by atoms with Crippen LogP contribution in [0.15, 0.2) is 47.6 Å². The molecule has 0 amide bonds. The van der Waals surface area contributed by atoms with Gasteiger partial charge in [-0.05, 0) is 50.5 Å². The van der Waals surface area contributed by atoms with Crippen LogP contribution in [0.3, 0.4) is 0 Å². The molecule has 0 saturated carbocycles. The maximum absolute atomic E-state index is 15.3. The number of nitrogens with zero attached hydrogens (tertiary/aromatic N) is 2. The van der Waals surface area contributed by atoms with Gasteiger partial charge in [0.1, 0.15) is 18.9 Å². The second-order valence-corrected chi connectivity index (χ2v) is 8.34. The SMILES string of the molecule is Cc1cc2c(N3CCCCC3)c(F)cc3c(=O)c(C(=O)C[NH+]4C=CC=CC4)cn1c23.[I-]. The Bertz CT molecular complexity index is 1260. The minimum Gasteiger partial charge on any atom is -1.00 e. The summed E-state index contributed by atoms with van der Waals surface area (Å²) >= 11 is 0. The van der Waals surface area contributed by atoms with Gasteiger partial charge in [-0.15, -0.1) is 0 Å². The number of rotatable bonds is 4. The fourth-order valence-electron chi connectivity index (χ4n) is 4.80. The second kappa shape index (κ2) is 8.70. The number of aryl methyl sites for hydroxylation is 1. The Morgan fingerprint density at radius 2 is 1.90 bits per heavy atom. The Balaban J connectivity index is 0.00000231. The Hall–Kier alpha value is -2.26. The van der Waals surface area contributed by atoms with E-state index in [4.69, 9.17) is 0 Å². The van der Waals surface area contributed by atoms with E-state index in [9.17, 15) is 9.59 Å². The maximum Gasteiger partial charge on any atom is 0.222 e. The van der Waals surface area contributed by atoms with Crippen molar-refractivity contribution in [2.75, 3.05) is 31.1 Å². The van der Waals surface area contributed by atoms with Crippen molar-refractivity contribution in [2.45, 2.75) is 26.2 Å². The predicted octanol–water partition coefficient (Wildman–Crippen LogP) is -0.517. The number of carbonyl (C=O) groups is 1. The molecule has 1 saturated heterocycles. The maximum atomic E-state index is 15.3. The summed E-state index contributed by atoms with van der Waals surface area (Å²) in [5, 5.41) is 1.04. The quantitative estimate of drug-likeness (QED) is 0.363. The van der Waals surface area contributed by atoms with Crippen LogP contribution >= 0.6 is 0 Å². The molecule has 1 N–H and O–H groups in total. The molecule has 2 aliphatic rings.